The van der Waals surface area contributed by atoms with E-state index in [1.807, 2.05) is 6.92 Å². The predicted octanol–water partition coefficient (Wildman–Crippen LogP) is 1.41. The molecule has 3 rings (SSSR count). The molecule has 0 aromatic carbocycles. The Kier molecular flexibility index (Phi) is 3.72. The molecule has 0 fully saturated rings. The topological polar surface area (TPSA) is 96.5 Å². The van der Waals surface area contributed by atoms with Crippen LogP contribution in [-0.2, 0) is 0 Å². The van der Waals surface area contributed by atoms with E-state index in [2.05, 4.69) is 43.1 Å². The van der Waals surface area contributed by atoms with E-state index in [9.17, 15) is 4.79 Å². The lowest BCUT2D eigenvalue weighted by atomic mass is 10.0. The summed E-state index contributed by atoms with van der Waals surface area (Å²) < 4.78 is 0. The molecule has 1 aliphatic carbocycles. The van der Waals surface area contributed by atoms with Crippen molar-refractivity contribution >= 4 is 5.91 Å². The first-order valence-corrected chi connectivity index (χ1v) is 6.91. The Balaban J connectivity index is 1.75. The van der Waals surface area contributed by atoms with Crippen molar-refractivity contribution in [2.75, 3.05) is 0 Å². The average molecular weight is 284 g/mol. The van der Waals surface area contributed by atoms with Crippen LogP contribution in [-0.4, -0.2) is 37.6 Å². The van der Waals surface area contributed by atoms with Gasteiger partial charge in [0.15, 0.2) is 0 Å². The molecule has 0 saturated carbocycles. The minimum Gasteiger partial charge on any atom is -0.348 e. The van der Waals surface area contributed by atoms with Gasteiger partial charge in [0.2, 0.25) is 5.82 Å². The maximum atomic E-state index is 12.2. The number of nitrogens with one attached hydrogen (secondary N) is 2. The molecule has 2 heterocycles. The van der Waals surface area contributed by atoms with E-state index in [0.29, 0.717) is 17.2 Å². The molecule has 1 amide bonds. The van der Waals surface area contributed by atoms with Gasteiger partial charge in [0.05, 0.1) is 0 Å². The summed E-state index contributed by atoms with van der Waals surface area (Å²) in [5.74, 6) is 0.336. The molecule has 0 bridgehead atoms. The van der Waals surface area contributed by atoms with Gasteiger partial charge in [0.25, 0.3) is 5.91 Å². The van der Waals surface area contributed by atoms with E-state index in [4.69, 9.17) is 0 Å². The van der Waals surface area contributed by atoms with Crippen LogP contribution >= 0.6 is 0 Å². The van der Waals surface area contributed by atoms with Gasteiger partial charge >= 0.3 is 0 Å². The number of carbonyl (C=O) groups excluding carboxylic acids is 1. The fourth-order valence-corrected chi connectivity index (χ4v) is 2.38. The summed E-state index contributed by atoms with van der Waals surface area (Å²) in [7, 11) is 0. The van der Waals surface area contributed by atoms with E-state index in [1.54, 1.807) is 12.1 Å². The van der Waals surface area contributed by atoms with Crippen molar-refractivity contribution in [1.82, 2.24) is 30.9 Å². The van der Waals surface area contributed by atoms with E-state index < -0.39 is 0 Å². The monoisotopic (exact) mass is 284 g/mol. The highest BCUT2D eigenvalue weighted by Gasteiger charge is 2.16. The number of allylic oxidation sites excluding steroid dienone is 1. The number of nitrogens with zero attached hydrogens (tertiary/aromatic N) is 4. The van der Waals surface area contributed by atoms with Crippen LogP contribution < -0.4 is 5.32 Å². The van der Waals surface area contributed by atoms with Gasteiger partial charge in [-0.15, -0.1) is 10.2 Å². The van der Waals surface area contributed by atoms with Gasteiger partial charge in [-0.25, -0.2) is 4.98 Å². The van der Waals surface area contributed by atoms with Gasteiger partial charge in [-0.3, -0.25) is 4.79 Å². The lowest BCUT2D eigenvalue weighted by molar-refractivity contribution is 0.0929. The summed E-state index contributed by atoms with van der Waals surface area (Å²) in [6.45, 7) is 1.83. The van der Waals surface area contributed by atoms with Crippen molar-refractivity contribution in [2.24, 2.45) is 0 Å². The summed E-state index contributed by atoms with van der Waals surface area (Å²) in [4.78, 5) is 16.6. The maximum absolute atomic E-state index is 12.2. The number of aryl methyl sites for hydroxylation is 1. The number of aromatic amines is 1. The third-order valence-electron chi connectivity index (χ3n) is 3.51. The van der Waals surface area contributed by atoms with Crippen molar-refractivity contribution in [3.63, 3.8) is 0 Å². The van der Waals surface area contributed by atoms with E-state index in [-0.39, 0.29) is 11.9 Å². The number of tetrazole rings is 1. The van der Waals surface area contributed by atoms with Crippen molar-refractivity contribution < 1.29 is 4.79 Å². The molecular weight excluding hydrogens is 268 g/mol. The highest BCUT2D eigenvalue weighted by Crippen LogP contribution is 2.17. The van der Waals surface area contributed by atoms with Gasteiger partial charge in [-0.05, 0) is 43.5 Å². The van der Waals surface area contributed by atoms with Crippen LogP contribution in [0.1, 0.15) is 35.4 Å². The molecule has 1 atom stereocenters. The predicted molar refractivity (Wildman–Crippen MR) is 76.4 cm³/mol. The van der Waals surface area contributed by atoms with Crippen LogP contribution in [0.2, 0.25) is 0 Å². The van der Waals surface area contributed by atoms with E-state index in [0.717, 1.165) is 24.8 Å². The molecule has 1 aliphatic rings. The maximum Gasteiger partial charge on any atom is 0.270 e. The Bertz CT molecular complexity index is 664. The molecule has 7 heteroatoms. The van der Waals surface area contributed by atoms with E-state index >= 15 is 0 Å². The van der Waals surface area contributed by atoms with Crippen molar-refractivity contribution in [1.29, 1.82) is 0 Å². The second-order valence-corrected chi connectivity index (χ2v) is 5.02. The number of pyridine rings is 1. The third-order valence-corrected chi connectivity index (χ3v) is 3.51. The Labute approximate surface area is 121 Å². The lowest BCUT2D eigenvalue weighted by Crippen LogP contribution is -2.35. The summed E-state index contributed by atoms with van der Waals surface area (Å²) in [6.07, 6.45) is 7.11. The molecule has 0 saturated heterocycles. The quantitative estimate of drug-likeness (QED) is 0.831. The van der Waals surface area contributed by atoms with Gasteiger partial charge in [-0.2, -0.15) is 5.21 Å². The van der Waals surface area contributed by atoms with Gasteiger partial charge in [0.1, 0.15) is 5.69 Å². The average Bonchev–Trinajstić information content (AvgIpc) is 3.02. The van der Waals surface area contributed by atoms with Crippen molar-refractivity contribution in [3.05, 3.63) is 35.7 Å². The highest BCUT2D eigenvalue weighted by molar-refractivity contribution is 5.92. The van der Waals surface area contributed by atoms with Crippen LogP contribution in [0.15, 0.2) is 24.3 Å². The molecule has 2 aromatic rings. The minimum absolute atomic E-state index is 0.141. The SMILES string of the molecule is Cc1nc(C(=O)NC2CC=CCC2)ccc1-c1nn[nH]n1. The second-order valence-electron chi connectivity index (χ2n) is 5.02. The minimum atomic E-state index is -0.141. The number of hydrogen-bond acceptors (Lipinski definition) is 5. The number of H-pyrrole nitrogens is 1. The van der Waals surface area contributed by atoms with E-state index in [1.165, 1.54) is 0 Å². The molecule has 0 spiro atoms. The first-order valence-electron chi connectivity index (χ1n) is 6.91. The van der Waals surface area contributed by atoms with Crippen LogP contribution in [0, 0.1) is 6.92 Å². The molecular formula is C14H16N6O. The molecule has 21 heavy (non-hydrogen) atoms. The first kappa shape index (κ1) is 13.4. The van der Waals surface area contributed by atoms with Gasteiger partial charge < -0.3 is 5.32 Å². The van der Waals surface area contributed by atoms with Gasteiger partial charge in [0, 0.05) is 17.3 Å². The Morgan fingerprint density at radius 3 is 2.95 bits per heavy atom. The normalized spacial score (nSPS) is 17.7. The lowest BCUT2D eigenvalue weighted by Gasteiger charge is -2.19. The van der Waals surface area contributed by atoms with Crippen LogP contribution in [0.3, 0.4) is 0 Å². The third kappa shape index (κ3) is 2.96. The summed E-state index contributed by atoms with van der Waals surface area (Å²) in [5.41, 5.74) is 1.88. The summed E-state index contributed by atoms with van der Waals surface area (Å²) >= 11 is 0. The smallest absolute Gasteiger partial charge is 0.270 e. The molecule has 2 N–H and O–H groups in total. The second kappa shape index (κ2) is 5.82. The highest BCUT2D eigenvalue weighted by atomic mass is 16.1. The number of amides is 1. The first-order chi connectivity index (χ1) is 10.2. The molecule has 0 radical (unpaired) electrons. The Morgan fingerprint density at radius 2 is 2.29 bits per heavy atom. The number of carbonyl (C=O) groups is 1. The molecule has 108 valence electrons. The van der Waals surface area contributed by atoms with Crippen LogP contribution in [0.5, 0.6) is 0 Å². The van der Waals surface area contributed by atoms with Crippen molar-refractivity contribution in [2.45, 2.75) is 32.2 Å². The van der Waals surface area contributed by atoms with Gasteiger partial charge in [-0.1, -0.05) is 12.2 Å². The molecule has 0 aliphatic heterocycles. The molecule has 2 aromatic heterocycles. The fraction of sp³-hybridized carbons (Fsp3) is 0.357. The Hall–Kier alpha value is -2.57. The number of aromatic nitrogens is 5. The zero-order valence-electron chi connectivity index (χ0n) is 11.7. The zero-order chi connectivity index (χ0) is 14.7. The summed E-state index contributed by atoms with van der Waals surface area (Å²) in [6, 6.07) is 3.68. The zero-order valence-corrected chi connectivity index (χ0v) is 11.7. The van der Waals surface area contributed by atoms with Crippen molar-refractivity contribution in [3.8, 4) is 11.4 Å². The Morgan fingerprint density at radius 1 is 1.38 bits per heavy atom. The number of hydrogen-bond donors (Lipinski definition) is 2. The van der Waals surface area contributed by atoms with Crippen LogP contribution in [0.25, 0.3) is 11.4 Å². The molecule has 7 nitrogen and oxygen atoms in total. The number of rotatable bonds is 3. The summed E-state index contributed by atoms with van der Waals surface area (Å²) in [5, 5.41) is 16.8. The largest absolute Gasteiger partial charge is 0.348 e. The standard InChI is InChI=1S/C14H16N6O/c1-9-11(13-17-19-20-18-13)7-8-12(15-9)14(21)16-10-5-3-2-4-6-10/h2-3,7-8,10H,4-6H2,1H3,(H,16,21)(H,17,18,19,20). The molecule has 1 unspecified atom stereocenters. The fourth-order valence-electron chi connectivity index (χ4n) is 2.38. The van der Waals surface area contributed by atoms with Crippen LogP contribution in [0.4, 0.5) is 0 Å².